The van der Waals surface area contributed by atoms with Gasteiger partial charge in [0.15, 0.2) is 23.4 Å². The minimum Gasteiger partial charge on any atom is -0.478 e. The number of nitro benzene ring substituents is 1. The van der Waals surface area contributed by atoms with Crippen LogP contribution in [-0.2, 0) is 11.2 Å². The molecule has 1 unspecified atom stereocenters. The van der Waals surface area contributed by atoms with Crippen molar-refractivity contribution in [3.63, 3.8) is 0 Å². The Labute approximate surface area is 189 Å². The van der Waals surface area contributed by atoms with Gasteiger partial charge in [0.05, 0.1) is 4.92 Å². The minimum absolute atomic E-state index is 0.0576. The molecule has 1 N–H and O–H groups in total. The fourth-order valence-corrected chi connectivity index (χ4v) is 5.19. The zero-order chi connectivity index (χ0) is 23.1. The topological polar surface area (TPSA) is 117 Å². The second-order valence-electron chi connectivity index (χ2n) is 8.41. The molecule has 1 heterocycles. The van der Waals surface area contributed by atoms with Crippen LogP contribution < -0.4 is 19.5 Å². The highest BCUT2D eigenvalue weighted by molar-refractivity contribution is 5.88. The van der Waals surface area contributed by atoms with Gasteiger partial charge in [-0.1, -0.05) is 12.1 Å². The molecule has 170 valence electrons. The standard InChI is InChI=1S/C24H22N2O7/c1-2-11-25-17-12-13-3-10-19(23-20(13)21-16(17)8-9-18(27)22(21)33-23)32-24(28)31-15-6-4-14(5-7-15)26(29)30/h2-7,10,16-17,21-22,25H,1,8-9,11-12H2/t16-,17+,21?,22-/m0/s1. The summed E-state index contributed by atoms with van der Waals surface area (Å²) in [6, 6.07) is 8.86. The highest BCUT2D eigenvalue weighted by Gasteiger charge is 2.53. The van der Waals surface area contributed by atoms with Gasteiger partial charge in [-0.25, -0.2) is 4.79 Å². The monoisotopic (exact) mass is 450 g/mol. The van der Waals surface area contributed by atoms with Gasteiger partial charge in [0, 0.05) is 42.6 Å². The molecule has 0 saturated heterocycles. The highest BCUT2D eigenvalue weighted by Crippen LogP contribution is 2.56. The van der Waals surface area contributed by atoms with E-state index in [0.717, 1.165) is 24.0 Å². The number of benzene rings is 2. The van der Waals surface area contributed by atoms with E-state index in [1.165, 1.54) is 24.3 Å². The van der Waals surface area contributed by atoms with E-state index in [-0.39, 0.29) is 40.8 Å². The molecule has 2 aromatic carbocycles. The summed E-state index contributed by atoms with van der Waals surface area (Å²) in [6.45, 7) is 4.47. The zero-order valence-corrected chi connectivity index (χ0v) is 17.7. The summed E-state index contributed by atoms with van der Waals surface area (Å²) in [6.07, 6.45) is 2.27. The third-order valence-corrected chi connectivity index (χ3v) is 6.58. The number of nitro groups is 1. The Hall–Kier alpha value is -3.72. The number of carbonyl (C=O) groups is 2. The van der Waals surface area contributed by atoms with Gasteiger partial charge < -0.3 is 19.5 Å². The Morgan fingerprint density at radius 1 is 1.24 bits per heavy atom. The van der Waals surface area contributed by atoms with Crippen molar-refractivity contribution in [2.24, 2.45) is 5.92 Å². The Morgan fingerprint density at radius 2 is 2.03 bits per heavy atom. The molecular formula is C24H22N2O7. The summed E-state index contributed by atoms with van der Waals surface area (Å²) in [5.74, 6) is 0.943. The van der Waals surface area contributed by atoms with Crippen molar-refractivity contribution in [2.75, 3.05) is 6.54 Å². The first-order chi connectivity index (χ1) is 16.0. The number of hydrogen-bond acceptors (Lipinski definition) is 8. The van der Waals surface area contributed by atoms with Gasteiger partial charge in [-0.3, -0.25) is 14.9 Å². The molecule has 3 aliphatic rings. The largest absolute Gasteiger partial charge is 0.519 e. The fraction of sp³-hybridized carbons (Fsp3) is 0.333. The molecule has 0 bridgehead atoms. The van der Waals surface area contributed by atoms with E-state index in [1.54, 1.807) is 6.07 Å². The van der Waals surface area contributed by atoms with Crippen molar-refractivity contribution < 1.29 is 28.7 Å². The van der Waals surface area contributed by atoms with Crippen LogP contribution in [0.3, 0.4) is 0 Å². The summed E-state index contributed by atoms with van der Waals surface area (Å²) >= 11 is 0. The second kappa shape index (κ2) is 8.32. The van der Waals surface area contributed by atoms with Gasteiger partial charge in [0.25, 0.3) is 5.69 Å². The number of nitrogens with one attached hydrogen (secondary N) is 1. The van der Waals surface area contributed by atoms with E-state index < -0.39 is 17.2 Å². The van der Waals surface area contributed by atoms with Crippen LogP contribution in [-0.4, -0.2) is 35.6 Å². The highest BCUT2D eigenvalue weighted by atomic mass is 16.7. The summed E-state index contributed by atoms with van der Waals surface area (Å²) in [7, 11) is 0. The number of non-ortho nitro benzene ring substituents is 1. The van der Waals surface area contributed by atoms with Crippen molar-refractivity contribution >= 4 is 17.6 Å². The van der Waals surface area contributed by atoms with Gasteiger partial charge in [-0.2, -0.15) is 0 Å². The SMILES string of the molecule is C=CCN[C@@H]1Cc2ccc(OC(=O)Oc3ccc([N+](=O)[O-])cc3)c3c2C2[C@H]1CCC(=O)[C@@H]2O3. The van der Waals surface area contributed by atoms with Crippen LogP contribution in [0, 0.1) is 16.0 Å². The molecule has 0 aromatic heterocycles. The van der Waals surface area contributed by atoms with E-state index in [0.29, 0.717) is 18.7 Å². The number of Topliss-reactive ketones (excluding diaryl/α,β-unsaturated/α-hetero) is 1. The van der Waals surface area contributed by atoms with Crippen LogP contribution in [0.4, 0.5) is 10.5 Å². The Kier molecular flexibility index (Phi) is 5.33. The van der Waals surface area contributed by atoms with Crippen LogP contribution >= 0.6 is 0 Å². The molecule has 1 aliphatic heterocycles. The molecular weight excluding hydrogens is 428 g/mol. The number of carbonyl (C=O) groups excluding carboxylic acids is 2. The maximum absolute atomic E-state index is 12.7. The number of rotatable bonds is 6. The van der Waals surface area contributed by atoms with E-state index in [2.05, 4.69) is 11.9 Å². The fourth-order valence-electron chi connectivity index (χ4n) is 5.19. The first-order valence-electron chi connectivity index (χ1n) is 10.8. The Morgan fingerprint density at radius 3 is 2.76 bits per heavy atom. The van der Waals surface area contributed by atoms with E-state index in [9.17, 15) is 19.7 Å². The maximum Gasteiger partial charge on any atom is 0.519 e. The third kappa shape index (κ3) is 3.74. The van der Waals surface area contributed by atoms with Crippen molar-refractivity contribution in [3.8, 4) is 17.2 Å². The van der Waals surface area contributed by atoms with Crippen LogP contribution in [0.2, 0.25) is 0 Å². The lowest BCUT2D eigenvalue weighted by Crippen LogP contribution is -2.50. The quantitative estimate of drug-likeness (QED) is 0.233. The van der Waals surface area contributed by atoms with Gasteiger partial charge >= 0.3 is 6.16 Å². The lowest BCUT2D eigenvalue weighted by molar-refractivity contribution is -0.384. The number of ether oxygens (including phenoxy) is 3. The molecule has 33 heavy (non-hydrogen) atoms. The normalized spacial score (nSPS) is 24.4. The van der Waals surface area contributed by atoms with Crippen LogP contribution in [0.25, 0.3) is 0 Å². The first kappa shape index (κ1) is 21.1. The third-order valence-electron chi connectivity index (χ3n) is 6.58. The lowest BCUT2D eigenvalue weighted by atomic mass is 9.65. The number of ketones is 1. The summed E-state index contributed by atoms with van der Waals surface area (Å²) in [4.78, 5) is 35.3. The van der Waals surface area contributed by atoms with Crippen LogP contribution in [0.1, 0.15) is 29.9 Å². The number of nitrogens with zero attached hydrogens (tertiary/aromatic N) is 1. The molecule has 0 spiro atoms. The molecule has 0 amide bonds. The molecule has 9 nitrogen and oxygen atoms in total. The molecule has 4 atom stereocenters. The lowest BCUT2D eigenvalue weighted by Gasteiger charge is -2.41. The van der Waals surface area contributed by atoms with Crippen LogP contribution in [0.15, 0.2) is 49.1 Å². The zero-order valence-electron chi connectivity index (χ0n) is 17.7. The molecule has 1 saturated carbocycles. The van der Waals surface area contributed by atoms with Gasteiger partial charge in [0.2, 0.25) is 0 Å². The predicted octanol–water partition coefficient (Wildman–Crippen LogP) is 3.70. The average molecular weight is 450 g/mol. The molecule has 2 aliphatic carbocycles. The minimum atomic E-state index is -0.997. The smallest absolute Gasteiger partial charge is 0.478 e. The van der Waals surface area contributed by atoms with Crippen molar-refractivity contribution in [1.82, 2.24) is 5.32 Å². The summed E-state index contributed by atoms with van der Waals surface area (Å²) < 4.78 is 16.7. The summed E-state index contributed by atoms with van der Waals surface area (Å²) in [5, 5.41) is 14.3. The predicted molar refractivity (Wildman–Crippen MR) is 117 cm³/mol. The van der Waals surface area contributed by atoms with Gasteiger partial charge in [-0.05, 0) is 42.5 Å². The molecule has 1 fully saturated rings. The van der Waals surface area contributed by atoms with E-state index >= 15 is 0 Å². The average Bonchev–Trinajstić information content (AvgIpc) is 3.21. The molecule has 0 radical (unpaired) electrons. The van der Waals surface area contributed by atoms with Crippen LogP contribution in [0.5, 0.6) is 17.2 Å². The van der Waals surface area contributed by atoms with Gasteiger partial charge in [0.1, 0.15) is 5.75 Å². The van der Waals surface area contributed by atoms with Crippen molar-refractivity contribution in [2.45, 2.75) is 37.3 Å². The second-order valence-corrected chi connectivity index (χ2v) is 8.41. The van der Waals surface area contributed by atoms with E-state index in [4.69, 9.17) is 14.2 Å². The molecule has 2 aromatic rings. The van der Waals surface area contributed by atoms with Crippen molar-refractivity contribution in [3.05, 3.63) is 70.3 Å². The summed E-state index contributed by atoms with van der Waals surface area (Å²) in [5.41, 5.74) is 1.89. The number of hydrogen-bond donors (Lipinski definition) is 1. The van der Waals surface area contributed by atoms with Crippen molar-refractivity contribution in [1.29, 1.82) is 0 Å². The van der Waals surface area contributed by atoms with E-state index in [1.807, 2.05) is 12.1 Å². The Balaban J connectivity index is 1.39. The maximum atomic E-state index is 12.7. The first-order valence-corrected chi connectivity index (χ1v) is 10.8. The van der Waals surface area contributed by atoms with Gasteiger partial charge in [-0.15, -0.1) is 6.58 Å². The molecule has 9 heteroatoms. The molecule has 5 rings (SSSR count). The Bertz CT molecular complexity index is 1140.